The van der Waals surface area contributed by atoms with Crippen LogP contribution in [-0.4, -0.2) is 10.8 Å². The summed E-state index contributed by atoms with van der Waals surface area (Å²) in [4.78, 5) is 16.9. The fraction of sp³-hybridized carbons (Fsp3) is 0.333. The van der Waals surface area contributed by atoms with E-state index in [1.54, 1.807) is 13.2 Å². The molecule has 0 N–H and O–H groups in total. The third-order valence-corrected chi connectivity index (χ3v) is 3.86. The van der Waals surface area contributed by atoms with Gasteiger partial charge >= 0.3 is 0 Å². The molecule has 1 aliphatic carbocycles. The number of carbonyl (C=O) groups excluding carboxylic acids is 1. The molecule has 2 aromatic heterocycles. The lowest BCUT2D eigenvalue weighted by Gasteiger charge is -1.92. The molecule has 0 unspecified atom stereocenters. The van der Waals surface area contributed by atoms with E-state index in [0.717, 1.165) is 34.2 Å². The first kappa shape index (κ1) is 9.78. The van der Waals surface area contributed by atoms with E-state index < -0.39 is 0 Å². The average molecular weight is 233 g/mol. The maximum absolute atomic E-state index is 11.5. The highest BCUT2D eigenvalue weighted by Crippen LogP contribution is 2.44. The second kappa shape index (κ2) is 3.56. The van der Waals surface area contributed by atoms with Crippen molar-refractivity contribution in [2.75, 3.05) is 0 Å². The third-order valence-electron chi connectivity index (χ3n) is 2.67. The molecule has 0 atom stereocenters. The van der Waals surface area contributed by atoms with Crippen LogP contribution in [0.4, 0.5) is 0 Å². The zero-order valence-electron chi connectivity index (χ0n) is 8.90. The van der Waals surface area contributed by atoms with Gasteiger partial charge in [0.2, 0.25) is 0 Å². The van der Waals surface area contributed by atoms with Gasteiger partial charge in [-0.2, -0.15) is 0 Å². The van der Waals surface area contributed by atoms with Crippen LogP contribution in [0.25, 0.3) is 10.8 Å². The van der Waals surface area contributed by atoms with E-state index in [1.807, 2.05) is 12.1 Å². The predicted octanol–water partition coefficient (Wildman–Crippen LogP) is 3.48. The van der Waals surface area contributed by atoms with Gasteiger partial charge in [-0.1, -0.05) is 0 Å². The van der Waals surface area contributed by atoms with Crippen molar-refractivity contribution in [3.05, 3.63) is 29.0 Å². The van der Waals surface area contributed by atoms with Gasteiger partial charge in [-0.3, -0.25) is 4.79 Å². The van der Waals surface area contributed by atoms with E-state index in [4.69, 9.17) is 4.42 Å². The number of furan rings is 1. The van der Waals surface area contributed by atoms with E-state index in [-0.39, 0.29) is 5.78 Å². The summed E-state index contributed by atoms with van der Waals surface area (Å²) in [5.41, 5.74) is 0.976. The summed E-state index contributed by atoms with van der Waals surface area (Å²) < 4.78 is 5.30. The topological polar surface area (TPSA) is 43.1 Å². The first-order valence-corrected chi connectivity index (χ1v) is 6.13. The lowest BCUT2D eigenvalue weighted by molar-refractivity contribution is 0.102. The minimum atomic E-state index is 0.109. The number of hydrogen-bond donors (Lipinski definition) is 0. The molecule has 16 heavy (non-hydrogen) atoms. The van der Waals surface area contributed by atoms with Gasteiger partial charge < -0.3 is 4.42 Å². The van der Waals surface area contributed by atoms with Crippen LogP contribution in [0.15, 0.2) is 22.8 Å². The smallest absolute Gasteiger partial charge is 0.171 e. The second-order valence-electron chi connectivity index (χ2n) is 4.04. The van der Waals surface area contributed by atoms with Crippen LogP contribution in [0, 0.1) is 0 Å². The summed E-state index contributed by atoms with van der Waals surface area (Å²) in [5.74, 6) is 1.36. The summed E-state index contributed by atoms with van der Waals surface area (Å²) >= 11 is 1.44. The summed E-state index contributed by atoms with van der Waals surface area (Å²) in [5, 5.41) is 0.817. The number of ketones is 1. The van der Waals surface area contributed by atoms with Gasteiger partial charge in [0.1, 0.15) is 0 Å². The van der Waals surface area contributed by atoms with Crippen LogP contribution in [0.2, 0.25) is 0 Å². The van der Waals surface area contributed by atoms with Crippen molar-refractivity contribution in [1.82, 2.24) is 4.98 Å². The standard InChI is InChI=1S/C12H11NO2S/c1-7(14)11-10(8-4-5-8)13-12(16-11)9-3-2-6-15-9/h2-3,6,8H,4-5H2,1H3. The van der Waals surface area contributed by atoms with Crippen molar-refractivity contribution in [1.29, 1.82) is 0 Å². The molecule has 0 bridgehead atoms. The van der Waals surface area contributed by atoms with E-state index in [1.165, 1.54) is 11.3 Å². The summed E-state index contributed by atoms with van der Waals surface area (Å²) in [6.45, 7) is 1.60. The zero-order valence-corrected chi connectivity index (χ0v) is 9.71. The van der Waals surface area contributed by atoms with Gasteiger partial charge in [0, 0.05) is 12.8 Å². The molecular formula is C12H11NO2S. The number of thiazole rings is 1. The molecule has 82 valence electrons. The molecule has 2 aromatic rings. The van der Waals surface area contributed by atoms with Crippen LogP contribution < -0.4 is 0 Å². The molecule has 3 rings (SSSR count). The monoisotopic (exact) mass is 233 g/mol. The first-order chi connectivity index (χ1) is 7.75. The molecule has 0 amide bonds. The Hall–Kier alpha value is -1.42. The van der Waals surface area contributed by atoms with Crippen molar-refractivity contribution in [3.8, 4) is 10.8 Å². The number of Topliss-reactive ketones (excluding diaryl/α,β-unsaturated/α-hetero) is 1. The largest absolute Gasteiger partial charge is 0.462 e. The van der Waals surface area contributed by atoms with Crippen molar-refractivity contribution in [2.24, 2.45) is 0 Å². The third kappa shape index (κ3) is 1.59. The maximum atomic E-state index is 11.5. The molecule has 1 aliphatic rings. The van der Waals surface area contributed by atoms with Gasteiger partial charge in [0.15, 0.2) is 16.6 Å². The molecule has 2 heterocycles. The number of aromatic nitrogens is 1. The van der Waals surface area contributed by atoms with E-state index in [9.17, 15) is 4.79 Å². The molecule has 0 spiro atoms. The maximum Gasteiger partial charge on any atom is 0.171 e. The molecule has 0 aliphatic heterocycles. The quantitative estimate of drug-likeness (QED) is 0.762. The number of rotatable bonds is 3. The van der Waals surface area contributed by atoms with Gasteiger partial charge in [-0.05, 0) is 25.0 Å². The Morgan fingerprint density at radius 2 is 2.38 bits per heavy atom. The Bertz CT molecular complexity index is 523. The van der Waals surface area contributed by atoms with Crippen LogP contribution in [0.5, 0.6) is 0 Å². The first-order valence-electron chi connectivity index (χ1n) is 5.31. The zero-order chi connectivity index (χ0) is 11.1. The van der Waals surface area contributed by atoms with Crippen molar-refractivity contribution in [2.45, 2.75) is 25.7 Å². The van der Waals surface area contributed by atoms with Gasteiger partial charge in [-0.15, -0.1) is 11.3 Å². The van der Waals surface area contributed by atoms with E-state index in [0.29, 0.717) is 5.92 Å². The van der Waals surface area contributed by atoms with Crippen LogP contribution in [0.3, 0.4) is 0 Å². The minimum absolute atomic E-state index is 0.109. The van der Waals surface area contributed by atoms with Crippen molar-refractivity contribution in [3.63, 3.8) is 0 Å². The number of hydrogen-bond acceptors (Lipinski definition) is 4. The van der Waals surface area contributed by atoms with E-state index in [2.05, 4.69) is 4.98 Å². The Kier molecular flexibility index (Phi) is 2.17. The fourth-order valence-corrected chi connectivity index (χ4v) is 2.74. The van der Waals surface area contributed by atoms with Gasteiger partial charge in [0.05, 0.1) is 16.8 Å². The molecule has 0 saturated heterocycles. The molecule has 1 saturated carbocycles. The highest BCUT2D eigenvalue weighted by atomic mass is 32.1. The summed E-state index contributed by atoms with van der Waals surface area (Å²) in [7, 11) is 0. The SMILES string of the molecule is CC(=O)c1sc(-c2ccco2)nc1C1CC1. The molecular weight excluding hydrogens is 222 g/mol. The lowest BCUT2D eigenvalue weighted by atomic mass is 10.2. The fourth-order valence-electron chi connectivity index (χ4n) is 1.72. The van der Waals surface area contributed by atoms with Crippen molar-refractivity contribution < 1.29 is 9.21 Å². The number of carbonyl (C=O) groups is 1. The minimum Gasteiger partial charge on any atom is -0.462 e. The van der Waals surface area contributed by atoms with Crippen molar-refractivity contribution >= 4 is 17.1 Å². The molecule has 0 aromatic carbocycles. The van der Waals surface area contributed by atoms with Gasteiger partial charge in [-0.25, -0.2) is 4.98 Å². The Labute approximate surface area is 97.1 Å². The molecule has 4 heteroatoms. The second-order valence-corrected chi connectivity index (χ2v) is 5.04. The summed E-state index contributed by atoms with van der Waals surface area (Å²) in [6.07, 6.45) is 3.93. The molecule has 3 nitrogen and oxygen atoms in total. The number of nitrogens with zero attached hydrogens (tertiary/aromatic N) is 1. The Morgan fingerprint density at radius 3 is 2.94 bits per heavy atom. The molecule has 1 fully saturated rings. The van der Waals surface area contributed by atoms with Crippen LogP contribution in [0.1, 0.15) is 41.0 Å². The van der Waals surface area contributed by atoms with Crippen LogP contribution in [-0.2, 0) is 0 Å². The van der Waals surface area contributed by atoms with Crippen LogP contribution >= 0.6 is 11.3 Å². The van der Waals surface area contributed by atoms with Gasteiger partial charge in [0.25, 0.3) is 0 Å². The lowest BCUT2D eigenvalue weighted by Crippen LogP contribution is -1.93. The highest BCUT2D eigenvalue weighted by molar-refractivity contribution is 7.17. The normalized spacial score (nSPS) is 15.3. The van der Waals surface area contributed by atoms with E-state index >= 15 is 0 Å². The Morgan fingerprint density at radius 1 is 1.56 bits per heavy atom. The average Bonchev–Trinajstić information content (AvgIpc) is 2.83. The molecule has 0 radical (unpaired) electrons. The predicted molar refractivity (Wildman–Crippen MR) is 61.8 cm³/mol. The summed E-state index contributed by atoms with van der Waals surface area (Å²) in [6, 6.07) is 3.71. The Balaban J connectivity index is 2.08. The highest BCUT2D eigenvalue weighted by Gasteiger charge is 2.31.